The Balaban J connectivity index is 1.85. The van der Waals surface area contributed by atoms with Gasteiger partial charge in [-0.15, -0.1) is 0 Å². The van der Waals surface area contributed by atoms with Crippen LogP contribution in [0, 0.1) is 0 Å². The van der Waals surface area contributed by atoms with E-state index in [1.165, 1.54) is 57.8 Å². The molecule has 0 saturated heterocycles. The van der Waals surface area contributed by atoms with Crippen molar-refractivity contribution < 1.29 is 19.2 Å². The Morgan fingerprint density at radius 1 is 0.850 bits per heavy atom. The molecule has 0 radical (unpaired) electrons. The van der Waals surface area contributed by atoms with Gasteiger partial charge in [-0.3, -0.25) is 0 Å². The molecule has 0 N–H and O–H groups in total. The summed E-state index contributed by atoms with van der Waals surface area (Å²) in [5.74, 6) is 0. The van der Waals surface area contributed by atoms with Gasteiger partial charge in [0.25, 0.3) is 0 Å². The third-order valence-electron chi connectivity index (χ3n) is 4.85. The second kappa shape index (κ2) is 6.62. The Labute approximate surface area is 133 Å². The quantitative estimate of drug-likeness (QED) is 0.526. The van der Waals surface area contributed by atoms with Crippen LogP contribution in [-0.4, -0.2) is 0 Å². The molecule has 3 rings (SSSR count). The number of fused-ring (bicyclic) bond motifs is 2. The van der Waals surface area contributed by atoms with Gasteiger partial charge in [0.15, 0.2) is 0 Å². The number of unbranched alkanes of at least 4 members (excludes halogenated alkanes) is 2. The first-order valence-corrected chi connectivity index (χ1v) is 9.99. The van der Waals surface area contributed by atoms with E-state index in [1.807, 2.05) is 7.76 Å². The molecule has 106 valence electrons. The fraction of sp³-hybridized carbons (Fsp3) is 0.579. The van der Waals surface area contributed by atoms with Crippen molar-refractivity contribution in [3.63, 3.8) is 0 Å². The maximum atomic E-state index is 2.56. The van der Waals surface area contributed by atoms with Crippen LogP contribution in [0.25, 0.3) is 0 Å². The van der Waals surface area contributed by atoms with Crippen LogP contribution in [0.5, 0.6) is 0 Å². The molecule has 0 fully saturated rings. The second-order valence-electron chi connectivity index (χ2n) is 6.29. The van der Waals surface area contributed by atoms with Crippen LogP contribution in [0.1, 0.15) is 71.6 Å². The molecule has 1 heterocycles. The Morgan fingerprint density at radius 3 is 1.80 bits per heavy atom. The Morgan fingerprint density at radius 2 is 1.35 bits per heavy atom. The molecule has 0 aromatic carbocycles. The van der Waals surface area contributed by atoms with Crippen LogP contribution in [0.2, 0.25) is 0 Å². The van der Waals surface area contributed by atoms with Gasteiger partial charge in [-0.2, -0.15) is 0 Å². The van der Waals surface area contributed by atoms with E-state index in [-0.39, 0.29) is 19.2 Å². The standard InChI is InChI=1S/C19H26.Ti/c1-3-5-9-16-11-7-13-18(16)15-19-14-8-12-17(19)10-6-4-2;/h13-14H,3-10,15H2,1-2H3;. The van der Waals surface area contributed by atoms with Gasteiger partial charge in [-0.25, -0.2) is 0 Å². The van der Waals surface area contributed by atoms with Crippen LogP contribution in [-0.2, 0) is 19.2 Å². The summed E-state index contributed by atoms with van der Waals surface area (Å²) >= 11 is 0.00798. The van der Waals surface area contributed by atoms with E-state index in [0.717, 1.165) is 0 Å². The van der Waals surface area contributed by atoms with Gasteiger partial charge >= 0.3 is 133 Å². The minimum absolute atomic E-state index is 0.00798. The predicted molar refractivity (Wildman–Crippen MR) is 83.1 cm³/mol. The molecule has 4 bridgehead atoms. The van der Waals surface area contributed by atoms with E-state index in [1.54, 1.807) is 22.3 Å². The molecule has 0 nitrogen and oxygen atoms in total. The monoisotopic (exact) mass is 302 g/mol. The number of hydrogen-bond acceptors (Lipinski definition) is 0. The van der Waals surface area contributed by atoms with Gasteiger partial charge < -0.3 is 0 Å². The van der Waals surface area contributed by atoms with Gasteiger partial charge in [0, 0.05) is 0 Å². The fourth-order valence-electron chi connectivity index (χ4n) is 3.66. The zero-order valence-corrected chi connectivity index (χ0v) is 14.6. The molecule has 0 spiro atoms. The summed E-state index contributed by atoms with van der Waals surface area (Å²) in [7, 11) is 0. The molecule has 0 aromatic heterocycles. The molecular formula is C19H26Ti. The Bertz CT molecular complexity index is 468. The van der Waals surface area contributed by atoms with Crippen molar-refractivity contribution >= 4 is 0 Å². The van der Waals surface area contributed by atoms with Crippen molar-refractivity contribution in [3.8, 4) is 0 Å². The summed E-state index contributed by atoms with van der Waals surface area (Å²) in [5.41, 5.74) is 7.01. The second-order valence-corrected chi connectivity index (χ2v) is 8.57. The molecule has 0 saturated carbocycles. The molecule has 0 unspecified atom stereocenters. The molecular weight excluding hydrogens is 276 g/mol. The van der Waals surface area contributed by atoms with Crippen molar-refractivity contribution in [3.05, 3.63) is 42.2 Å². The van der Waals surface area contributed by atoms with E-state index in [9.17, 15) is 0 Å². The number of allylic oxidation sites excluding steroid dienone is 8. The normalized spacial score (nSPS) is 20.7. The first-order chi connectivity index (χ1) is 9.83. The predicted octanol–water partition coefficient (Wildman–Crippen LogP) is 6.02. The van der Waals surface area contributed by atoms with Gasteiger partial charge in [-0.1, -0.05) is 0 Å². The zero-order chi connectivity index (χ0) is 13.9. The van der Waals surface area contributed by atoms with Crippen molar-refractivity contribution in [1.29, 1.82) is 0 Å². The fourth-order valence-corrected chi connectivity index (χ4v) is 6.23. The molecule has 1 aliphatic heterocycles. The van der Waals surface area contributed by atoms with Crippen molar-refractivity contribution in [2.75, 3.05) is 0 Å². The number of rotatable bonds is 6. The van der Waals surface area contributed by atoms with E-state index in [2.05, 4.69) is 26.0 Å². The van der Waals surface area contributed by atoms with E-state index in [4.69, 9.17) is 0 Å². The Hall–Kier alpha value is -0.326. The molecule has 0 aromatic rings. The summed E-state index contributed by atoms with van der Waals surface area (Å²) < 4.78 is 3.76. The van der Waals surface area contributed by atoms with Crippen LogP contribution < -0.4 is 0 Å². The minimum atomic E-state index is 0.00798. The van der Waals surface area contributed by atoms with Crippen LogP contribution >= 0.6 is 0 Å². The molecule has 0 amide bonds. The zero-order valence-electron chi connectivity index (χ0n) is 13.0. The van der Waals surface area contributed by atoms with Crippen molar-refractivity contribution in [2.24, 2.45) is 0 Å². The molecule has 1 heteroatoms. The van der Waals surface area contributed by atoms with Gasteiger partial charge in [0.2, 0.25) is 0 Å². The van der Waals surface area contributed by atoms with Crippen LogP contribution in [0.3, 0.4) is 0 Å². The summed E-state index contributed by atoms with van der Waals surface area (Å²) in [5, 5.41) is 0. The third-order valence-corrected chi connectivity index (χ3v) is 7.37. The average Bonchev–Trinajstić information content (AvgIpc) is 3.03. The van der Waals surface area contributed by atoms with Gasteiger partial charge in [-0.05, 0) is 0 Å². The van der Waals surface area contributed by atoms with E-state index in [0.29, 0.717) is 0 Å². The number of hydrogen-bond donors (Lipinski definition) is 0. The molecule has 3 aliphatic rings. The maximum absolute atomic E-state index is 2.56. The summed E-state index contributed by atoms with van der Waals surface area (Å²) in [6.07, 6.45) is 17.1. The van der Waals surface area contributed by atoms with E-state index < -0.39 is 0 Å². The average molecular weight is 302 g/mol. The van der Waals surface area contributed by atoms with Gasteiger partial charge in [0.05, 0.1) is 0 Å². The molecule has 2 aliphatic carbocycles. The SMILES string of the molecule is CCCCC1=[C]2CC=C1CC1=CC[C](=C1CCCC)[Ti]2. The molecule has 20 heavy (non-hydrogen) atoms. The summed E-state index contributed by atoms with van der Waals surface area (Å²) in [6, 6.07) is 0. The van der Waals surface area contributed by atoms with Crippen molar-refractivity contribution in [1.82, 2.24) is 0 Å². The van der Waals surface area contributed by atoms with Crippen molar-refractivity contribution in [2.45, 2.75) is 71.6 Å². The van der Waals surface area contributed by atoms with Gasteiger partial charge in [0.1, 0.15) is 0 Å². The first-order valence-electron chi connectivity index (χ1n) is 8.43. The third kappa shape index (κ3) is 2.83. The summed E-state index contributed by atoms with van der Waals surface area (Å²) in [4.78, 5) is 0. The summed E-state index contributed by atoms with van der Waals surface area (Å²) in [6.45, 7) is 4.64. The van der Waals surface area contributed by atoms with Crippen LogP contribution in [0.4, 0.5) is 0 Å². The topological polar surface area (TPSA) is 0 Å². The first kappa shape index (κ1) is 14.6. The Kier molecular flexibility index (Phi) is 4.84. The molecule has 0 atom stereocenters. The van der Waals surface area contributed by atoms with Crippen LogP contribution in [0.15, 0.2) is 42.2 Å². The van der Waals surface area contributed by atoms with E-state index >= 15 is 0 Å².